The van der Waals surface area contributed by atoms with Gasteiger partial charge in [-0.15, -0.1) is 0 Å². The summed E-state index contributed by atoms with van der Waals surface area (Å²) >= 11 is 0. The van der Waals surface area contributed by atoms with Crippen molar-refractivity contribution in [3.8, 4) is 5.75 Å². The van der Waals surface area contributed by atoms with E-state index in [2.05, 4.69) is 5.32 Å². The Balaban J connectivity index is 1.74. The van der Waals surface area contributed by atoms with Crippen molar-refractivity contribution in [3.05, 3.63) is 82.8 Å². The van der Waals surface area contributed by atoms with Gasteiger partial charge in [-0.3, -0.25) is 9.59 Å². The molecule has 160 valence electrons. The van der Waals surface area contributed by atoms with Crippen molar-refractivity contribution >= 4 is 23.3 Å². The molecule has 0 unspecified atom stereocenters. The molecule has 0 bridgehead atoms. The number of carbonyl (C=O) groups is 3. The fraction of sp³-hybridized carbons (Fsp3) is 0.208. The van der Waals surface area contributed by atoms with E-state index in [4.69, 9.17) is 13.9 Å². The molecule has 31 heavy (non-hydrogen) atoms. The Morgan fingerprint density at radius 2 is 1.81 bits per heavy atom. The minimum Gasteiger partial charge on any atom is -0.493 e. The third kappa shape index (κ3) is 5.39. The van der Waals surface area contributed by atoms with Gasteiger partial charge in [0.1, 0.15) is 12.4 Å². The number of esters is 1. The lowest BCUT2D eigenvalue weighted by Gasteiger charge is -2.13. The number of amides is 1. The van der Waals surface area contributed by atoms with Gasteiger partial charge in [-0.1, -0.05) is 6.07 Å². The highest BCUT2D eigenvalue weighted by atomic mass is 16.5. The average molecular weight is 421 g/mol. The molecule has 0 aliphatic rings. The molecule has 0 saturated carbocycles. The number of rotatable bonds is 8. The van der Waals surface area contributed by atoms with Crippen molar-refractivity contribution in [2.24, 2.45) is 0 Å². The fourth-order valence-corrected chi connectivity index (χ4v) is 2.91. The van der Waals surface area contributed by atoms with Crippen LogP contribution in [0.25, 0.3) is 0 Å². The van der Waals surface area contributed by atoms with E-state index >= 15 is 0 Å². The number of furan rings is 1. The van der Waals surface area contributed by atoms with Gasteiger partial charge in [0, 0.05) is 16.8 Å². The molecule has 0 fully saturated rings. The number of Topliss-reactive ketones (excluding diaryl/α,β-unsaturated/α-hetero) is 1. The Kier molecular flexibility index (Phi) is 6.87. The van der Waals surface area contributed by atoms with E-state index < -0.39 is 11.9 Å². The molecule has 0 atom stereocenters. The maximum Gasteiger partial charge on any atom is 0.338 e. The zero-order valence-electron chi connectivity index (χ0n) is 17.6. The highest BCUT2D eigenvalue weighted by Gasteiger charge is 2.15. The first kappa shape index (κ1) is 21.8. The van der Waals surface area contributed by atoms with Gasteiger partial charge >= 0.3 is 5.97 Å². The maximum atomic E-state index is 12.6. The second-order valence-electron chi connectivity index (χ2n) is 6.85. The van der Waals surface area contributed by atoms with Crippen LogP contribution in [-0.4, -0.2) is 24.3 Å². The Hall–Kier alpha value is -3.87. The van der Waals surface area contributed by atoms with Crippen LogP contribution in [0.4, 0.5) is 5.69 Å². The van der Waals surface area contributed by atoms with Crippen LogP contribution in [0.3, 0.4) is 0 Å². The van der Waals surface area contributed by atoms with Crippen LogP contribution in [0, 0.1) is 6.92 Å². The van der Waals surface area contributed by atoms with Gasteiger partial charge in [0.15, 0.2) is 11.5 Å². The molecule has 3 aromatic rings. The summed E-state index contributed by atoms with van der Waals surface area (Å²) in [7, 11) is 0. The van der Waals surface area contributed by atoms with Gasteiger partial charge in [0.25, 0.3) is 5.91 Å². The number of hydrogen-bond acceptors (Lipinski definition) is 6. The summed E-state index contributed by atoms with van der Waals surface area (Å²) in [5.41, 5.74) is 2.64. The van der Waals surface area contributed by atoms with Crippen molar-refractivity contribution in [2.45, 2.75) is 27.4 Å². The molecule has 2 aromatic carbocycles. The standard InChI is InChI=1S/C24H23NO6/c1-4-29-21-10-9-17(16(3)26)12-19(21)14-31-24(28)18-8-7-15(2)20(13-18)25-23(27)22-6-5-11-30-22/h5-13H,4,14H2,1-3H3,(H,25,27). The number of ether oxygens (including phenoxy) is 2. The molecule has 3 rings (SSSR count). The normalized spacial score (nSPS) is 10.4. The third-order valence-electron chi connectivity index (χ3n) is 4.59. The Morgan fingerprint density at radius 3 is 2.48 bits per heavy atom. The number of ketones is 1. The first-order valence-corrected chi connectivity index (χ1v) is 9.78. The maximum absolute atomic E-state index is 12.6. The summed E-state index contributed by atoms with van der Waals surface area (Å²) in [5.74, 6) is -0.354. The Bertz CT molecular complexity index is 1100. The number of nitrogens with one attached hydrogen (secondary N) is 1. The largest absolute Gasteiger partial charge is 0.493 e. The van der Waals surface area contributed by atoms with E-state index in [9.17, 15) is 14.4 Å². The number of hydrogen-bond donors (Lipinski definition) is 1. The Morgan fingerprint density at radius 1 is 1.03 bits per heavy atom. The topological polar surface area (TPSA) is 94.8 Å². The van der Waals surface area contributed by atoms with Crippen LogP contribution in [0.1, 0.15) is 56.2 Å². The van der Waals surface area contributed by atoms with E-state index in [0.29, 0.717) is 29.2 Å². The second-order valence-corrected chi connectivity index (χ2v) is 6.85. The first-order chi connectivity index (χ1) is 14.9. The molecule has 7 heteroatoms. The van der Waals surface area contributed by atoms with E-state index in [-0.39, 0.29) is 23.7 Å². The van der Waals surface area contributed by atoms with E-state index in [1.165, 1.54) is 13.2 Å². The van der Waals surface area contributed by atoms with Crippen molar-refractivity contribution < 1.29 is 28.3 Å². The van der Waals surface area contributed by atoms with Crippen LogP contribution in [0.15, 0.2) is 59.2 Å². The molecule has 1 amide bonds. The number of benzene rings is 2. The average Bonchev–Trinajstić information content (AvgIpc) is 3.29. The van der Waals surface area contributed by atoms with Gasteiger partial charge in [0.05, 0.1) is 18.4 Å². The van der Waals surface area contributed by atoms with E-state index in [1.54, 1.807) is 48.5 Å². The van der Waals surface area contributed by atoms with Crippen LogP contribution in [0.2, 0.25) is 0 Å². The van der Waals surface area contributed by atoms with Crippen molar-refractivity contribution in [1.29, 1.82) is 0 Å². The van der Waals surface area contributed by atoms with Crippen LogP contribution < -0.4 is 10.1 Å². The van der Waals surface area contributed by atoms with Crippen LogP contribution in [0.5, 0.6) is 5.75 Å². The number of carbonyl (C=O) groups excluding carboxylic acids is 3. The van der Waals surface area contributed by atoms with E-state index in [1.807, 2.05) is 13.8 Å². The lowest BCUT2D eigenvalue weighted by molar-refractivity contribution is 0.0469. The minimum atomic E-state index is -0.566. The van der Waals surface area contributed by atoms with Gasteiger partial charge < -0.3 is 19.2 Å². The highest BCUT2D eigenvalue weighted by molar-refractivity contribution is 6.03. The second kappa shape index (κ2) is 9.75. The number of aryl methyl sites for hydroxylation is 1. The molecule has 0 radical (unpaired) electrons. The van der Waals surface area contributed by atoms with Gasteiger partial charge in [0.2, 0.25) is 0 Å². The molecule has 0 saturated heterocycles. The molecular weight excluding hydrogens is 398 g/mol. The lowest BCUT2D eigenvalue weighted by atomic mass is 10.1. The predicted octanol–water partition coefficient (Wildman–Crippen LogP) is 4.80. The fourth-order valence-electron chi connectivity index (χ4n) is 2.91. The SMILES string of the molecule is CCOc1ccc(C(C)=O)cc1COC(=O)c1ccc(C)c(NC(=O)c2ccco2)c1. The minimum absolute atomic E-state index is 0.0583. The summed E-state index contributed by atoms with van der Waals surface area (Å²) in [6, 6.07) is 13.1. The predicted molar refractivity (Wildman–Crippen MR) is 115 cm³/mol. The number of anilines is 1. The van der Waals surface area contributed by atoms with Crippen molar-refractivity contribution in [1.82, 2.24) is 0 Å². The molecule has 0 spiro atoms. The van der Waals surface area contributed by atoms with Gasteiger partial charge in [-0.05, 0) is 68.8 Å². The molecule has 7 nitrogen and oxygen atoms in total. The van der Waals surface area contributed by atoms with Crippen molar-refractivity contribution in [2.75, 3.05) is 11.9 Å². The zero-order chi connectivity index (χ0) is 22.4. The highest BCUT2D eigenvalue weighted by Crippen LogP contribution is 2.23. The monoisotopic (exact) mass is 421 g/mol. The van der Waals surface area contributed by atoms with Crippen molar-refractivity contribution in [3.63, 3.8) is 0 Å². The molecule has 0 aliphatic carbocycles. The Labute approximate surface area is 180 Å². The smallest absolute Gasteiger partial charge is 0.338 e. The molecule has 0 aliphatic heterocycles. The summed E-state index contributed by atoms with van der Waals surface area (Å²) < 4.78 is 16.1. The van der Waals surface area contributed by atoms with Crippen LogP contribution in [-0.2, 0) is 11.3 Å². The summed E-state index contributed by atoms with van der Waals surface area (Å²) in [6.07, 6.45) is 1.41. The zero-order valence-corrected chi connectivity index (χ0v) is 17.6. The molecular formula is C24H23NO6. The lowest BCUT2D eigenvalue weighted by Crippen LogP contribution is -2.13. The molecule has 1 heterocycles. The summed E-state index contributed by atoms with van der Waals surface area (Å²) in [4.78, 5) is 36.5. The quantitative estimate of drug-likeness (QED) is 0.415. The summed E-state index contributed by atoms with van der Waals surface area (Å²) in [5, 5.41) is 2.73. The summed E-state index contributed by atoms with van der Waals surface area (Å²) in [6.45, 7) is 5.51. The first-order valence-electron chi connectivity index (χ1n) is 9.78. The molecule has 1 aromatic heterocycles. The van der Waals surface area contributed by atoms with E-state index in [0.717, 1.165) is 5.56 Å². The van der Waals surface area contributed by atoms with Gasteiger partial charge in [-0.2, -0.15) is 0 Å². The van der Waals surface area contributed by atoms with Crippen LogP contribution >= 0.6 is 0 Å². The van der Waals surface area contributed by atoms with Gasteiger partial charge in [-0.25, -0.2) is 4.79 Å². The molecule has 1 N–H and O–H groups in total. The third-order valence-corrected chi connectivity index (χ3v) is 4.59.